The second kappa shape index (κ2) is 6.69. The van der Waals surface area contributed by atoms with Gasteiger partial charge in [0.25, 0.3) is 5.56 Å². The van der Waals surface area contributed by atoms with E-state index in [1.165, 1.54) is 5.56 Å². The molecule has 1 N–H and O–H groups in total. The van der Waals surface area contributed by atoms with Gasteiger partial charge in [-0.3, -0.25) is 9.36 Å². The third-order valence-electron chi connectivity index (χ3n) is 3.89. The Morgan fingerprint density at radius 1 is 1.26 bits per heavy atom. The number of hydrogen-bond acceptors (Lipinski definition) is 3. The van der Waals surface area contributed by atoms with Crippen LogP contribution in [-0.4, -0.2) is 21.1 Å². The minimum atomic E-state index is -0.00773. The van der Waals surface area contributed by atoms with Crippen molar-refractivity contribution in [3.05, 3.63) is 58.3 Å². The van der Waals surface area contributed by atoms with Crippen molar-refractivity contribution in [2.75, 3.05) is 6.61 Å². The van der Waals surface area contributed by atoms with E-state index in [2.05, 4.69) is 29.0 Å². The lowest BCUT2D eigenvalue weighted by Gasteiger charge is -2.08. The Morgan fingerprint density at radius 2 is 2.04 bits per heavy atom. The second-order valence-corrected chi connectivity index (χ2v) is 5.66. The lowest BCUT2D eigenvalue weighted by Crippen LogP contribution is -2.21. The van der Waals surface area contributed by atoms with Gasteiger partial charge >= 0.3 is 0 Å². The summed E-state index contributed by atoms with van der Waals surface area (Å²) in [4.78, 5) is 19.7. The van der Waals surface area contributed by atoms with Crippen molar-refractivity contribution in [3.8, 4) is 5.75 Å². The first-order valence-corrected chi connectivity index (χ1v) is 7.94. The molecule has 0 atom stereocenters. The molecule has 23 heavy (non-hydrogen) atoms. The maximum atomic E-state index is 12.3. The van der Waals surface area contributed by atoms with Crippen molar-refractivity contribution < 1.29 is 4.74 Å². The van der Waals surface area contributed by atoms with Crippen LogP contribution in [0.4, 0.5) is 0 Å². The molecule has 0 saturated heterocycles. The van der Waals surface area contributed by atoms with Gasteiger partial charge in [-0.25, -0.2) is 4.98 Å². The van der Waals surface area contributed by atoms with Gasteiger partial charge in [0.2, 0.25) is 0 Å². The van der Waals surface area contributed by atoms with E-state index in [1.807, 2.05) is 25.1 Å². The summed E-state index contributed by atoms with van der Waals surface area (Å²) in [7, 11) is 0. The average molecular weight is 311 g/mol. The van der Waals surface area contributed by atoms with E-state index in [-0.39, 0.29) is 5.56 Å². The van der Waals surface area contributed by atoms with Gasteiger partial charge in [-0.05, 0) is 43.5 Å². The number of fused-ring (bicyclic) bond motifs is 1. The number of benzene rings is 1. The molecule has 0 aliphatic rings. The molecule has 2 heterocycles. The molecule has 0 fully saturated rings. The number of hydrogen-bond donors (Lipinski definition) is 1. The molecule has 5 nitrogen and oxygen atoms in total. The lowest BCUT2D eigenvalue weighted by atomic mass is 10.2. The van der Waals surface area contributed by atoms with Crippen LogP contribution in [0.15, 0.2) is 41.5 Å². The number of nitrogens with zero attached hydrogens (tertiary/aromatic N) is 2. The average Bonchev–Trinajstić information content (AvgIpc) is 2.95. The topological polar surface area (TPSA) is 59.9 Å². The molecule has 0 radical (unpaired) electrons. The molecule has 0 amide bonds. The van der Waals surface area contributed by atoms with Crippen LogP contribution in [0, 0.1) is 6.92 Å². The van der Waals surface area contributed by atoms with Crippen molar-refractivity contribution in [1.82, 2.24) is 14.5 Å². The van der Waals surface area contributed by atoms with Gasteiger partial charge in [0, 0.05) is 12.2 Å². The highest BCUT2D eigenvalue weighted by Gasteiger charge is 2.06. The number of H-pyrrole nitrogens is 1. The lowest BCUT2D eigenvalue weighted by molar-refractivity contribution is 0.300. The van der Waals surface area contributed by atoms with E-state index < -0.39 is 0 Å². The Labute approximate surface area is 134 Å². The summed E-state index contributed by atoms with van der Waals surface area (Å²) < 4.78 is 7.35. The van der Waals surface area contributed by atoms with Crippen LogP contribution >= 0.6 is 0 Å². The molecule has 0 saturated carbocycles. The first kappa shape index (κ1) is 15.3. The maximum Gasteiger partial charge on any atom is 0.262 e. The number of nitrogens with one attached hydrogen (secondary N) is 1. The molecule has 2 aromatic heterocycles. The van der Waals surface area contributed by atoms with Crippen LogP contribution in [0.25, 0.3) is 11.0 Å². The molecule has 0 spiro atoms. The van der Waals surface area contributed by atoms with Crippen LogP contribution in [-0.2, 0) is 13.0 Å². The van der Waals surface area contributed by atoms with Gasteiger partial charge in [-0.15, -0.1) is 0 Å². The number of aromatic nitrogens is 3. The Morgan fingerprint density at radius 3 is 2.78 bits per heavy atom. The van der Waals surface area contributed by atoms with E-state index in [0.717, 1.165) is 24.3 Å². The highest BCUT2D eigenvalue weighted by molar-refractivity contribution is 5.74. The van der Waals surface area contributed by atoms with Crippen molar-refractivity contribution in [1.29, 1.82) is 0 Å². The van der Waals surface area contributed by atoms with Gasteiger partial charge in [-0.2, -0.15) is 0 Å². The number of aryl methyl sites for hydroxylation is 3. The molecule has 0 aliphatic carbocycles. The molecule has 5 heteroatoms. The normalized spacial score (nSPS) is 11.0. The van der Waals surface area contributed by atoms with Gasteiger partial charge in [-0.1, -0.05) is 19.1 Å². The zero-order valence-corrected chi connectivity index (χ0v) is 13.5. The van der Waals surface area contributed by atoms with E-state index >= 15 is 0 Å². The minimum absolute atomic E-state index is 0.00773. The SMILES string of the molecule is CCc1ccc(OCCCn2cnc3[nH]c(C)cc3c2=O)cc1. The van der Waals surface area contributed by atoms with Crippen molar-refractivity contribution in [2.24, 2.45) is 0 Å². The molecule has 0 bridgehead atoms. The fourth-order valence-electron chi connectivity index (χ4n) is 2.58. The quantitative estimate of drug-likeness (QED) is 0.712. The van der Waals surface area contributed by atoms with Crippen LogP contribution in [0.1, 0.15) is 24.6 Å². The zero-order chi connectivity index (χ0) is 16.2. The first-order valence-electron chi connectivity index (χ1n) is 7.94. The molecule has 1 aromatic carbocycles. The monoisotopic (exact) mass is 311 g/mol. The summed E-state index contributed by atoms with van der Waals surface area (Å²) in [6.45, 7) is 5.22. The summed E-state index contributed by atoms with van der Waals surface area (Å²) in [5.41, 5.74) is 2.88. The van der Waals surface area contributed by atoms with Crippen molar-refractivity contribution >= 4 is 11.0 Å². The van der Waals surface area contributed by atoms with Crippen molar-refractivity contribution in [3.63, 3.8) is 0 Å². The second-order valence-electron chi connectivity index (χ2n) is 5.66. The van der Waals surface area contributed by atoms with Crippen LogP contribution in [0.2, 0.25) is 0 Å². The minimum Gasteiger partial charge on any atom is -0.494 e. The predicted octanol–water partition coefficient (Wildman–Crippen LogP) is 3.06. The smallest absolute Gasteiger partial charge is 0.262 e. The first-order chi connectivity index (χ1) is 11.2. The van der Waals surface area contributed by atoms with Gasteiger partial charge in [0.05, 0.1) is 18.3 Å². The van der Waals surface area contributed by atoms with Crippen LogP contribution < -0.4 is 10.3 Å². The van der Waals surface area contributed by atoms with Crippen LogP contribution in [0.3, 0.4) is 0 Å². The number of aromatic amines is 1. The Bertz CT molecular complexity index is 847. The van der Waals surface area contributed by atoms with E-state index in [0.29, 0.717) is 24.2 Å². The molecule has 0 aliphatic heterocycles. The third kappa shape index (κ3) is 3.44. The van der Waals surface area contributed by atoms with Crippen LogP contribution in [0.5, 0.6) is 5.75 Å². The highest BCUT2D eigenvalue weighted by atomic mass is 16.5. The molecule has 0 unspecified atom stereocenters. The summed E-state index contributed by atoms with van der Waals surface area (Å²) in [6, 6.07) is 9.97. The predicted molar refractivity (Wildman–Crippen MR) is 91.0 cm³/mol. The van der Waals surface area contributed by atoms with E-state index in [9.17, 15) is 4.79 Å². The number of rotatable bonds is 6. The van der Waals surface area contributed by atoms with E-state index in [1.54, 1.807) is 10.9 Å². The third-order valence-corrected chi connectivity index (χ3v) is 3.89. The largest absolute Gasteiger partial charge is 0.494 e. The van der Waals surface area contributed by atoms with Gasteiger partial charge in [0.15, 0.2) is 0 Å². The summed E-state index contributed by atoms with van der Waals surface area (Å²) in [5, 5.41) is 0.640. The fraction of sp³-hybridized carbons (Fsp3) is 0.333. The van der Waals surface area contributed by atoms with E-state index in [4.69, 9.17) is 4.74 Å². The molecular weight excluding hydrogens is 290 g/mol. The standard InChI is InChI=1S/C18H21N3O2/c1-3-14-5-7-15(8-6-14)23-10-4-9-21-12-19-17-16(18(21)22)11-13(2)20-17/h5-8,11-12,20H,3-4,9-10H2,1-2H3. The molecule has 3 aromatic rings. The Hall–Kier alpha value is -2.56. The molecule has 120 valence electrons. The Balaban J connectivity index is 1.58. The number of ether oxygens (including phenoxy) is 1. The summed E-state index contributed by atoms with van der Waals surface area (Å²) in [5.74, 6) is 0.865. The van der Waals surface area contributed by atoms with Gasteiger partial charge < -0.3 is 9.72 Å². The summed E-state index contributed by atoms with van der Waals surface area (Å²) in [6.07, 6.45) is 3.37. The molecule has 3 rings (SSSR count). The maximum absolute atomic E-state index is 12.3. The summed E-state index contributed by atoms with van der Waals surface area (Å²) >= 11 is 0. The van der Waals surface area contributed by atoms with Gasteiger partial charge in [0.1, 0.15) is 11.4 Å². The highest BCUT2D eigenvalue weighted by Crippen LogP contribution is 2.13. The Kier molecular flexibility index (Phi) is 4.46. The van der Waals surface area contributed by atoms with Crippen molar-refractivity contribution in [2.45, 2.75) is 33.2 Å². The molecular formula is C18H21N3O2. The fourth-order valence-corrected chi connectivity index (χ4v) is 2.58. The zero-order valence-electron chi connectivity index (χ0n) is 13.5.